The zero-order valence-electron chi connectivity index (χ0n) is 24.6. The minimum absolute atomic E-state index is 0.193. The fourth-order valence-corrected chi connectivity index (χ4v) is 3.36. The Kier molecular flexibility index (Phi) is 12.5. The number of carbonyl (C=O) groups is 1. The van der Waals surface area contributed by atoms with Gasteiger partial charge in [-0.25, -0.2) is 0 Å². The summed E-state index contributed by atoms with van der Waals surface area (Å²) in [6.07, 6.45) is 3.28. The van der Waals surface area contributed by atoms with E-state index in [1.165, 1.54) is 6.08 Å². The lowest BCUT2D eigenvalue weighted by molar-refractivity contribution is 0.104. The van der Waals surface area contributed by atoms with Crippen LogP contribution in [0.4, 0.5) is 0 Å². The third-order valence-corrected chi connectivity index (χ3v) is 5.21. The van der Waals surface area contributed by atoms with Gasteiger partial charge in [-0.05, 0) is 54.0 Å². The molecule has 2 rings (SSSR count). The summed E-state index contributed by atoms with van der Waals surface area (Å²) in [4.78, 5) is 13.5. The van der Waals surface area contributed by atoms with Crippen molar-refractivity contribution in [2.45, 2.75) is 55.4 Å². The summed E-state index contributed by atoms with van der Waals surface area (Å²) in [5.74, 6) is 3.98. The number of benzene rings is 2. The van der Waals surface area contributed by atoms with Gasteiger partial charge in [-0.3, -0.25) is 4.79 Å². The van der Waals surface area contributed by atoms with Crippen molar-refractivity contribution in [2.75, 3.05) is 33.5 Å². The van der Waals surface area contributed by atoms with E-state index < -0.39 is 0 Å². The molecule has 2 aromatic rings. The van der Waals surface area contributed by atoms with Crippen LogP contribution in [0.3, 0.4) is 0 Å². The van der Waals surface area contributed by atoms with E-state index in [2.05, 4.69) is 55.4 Å². The highest BCUT2D eigenvalue weighted by atomic mass is 16.5. The fraction of sp³-hybridized carbons (Fsp3) is 0.531. The summed E-state index contributed by atoms with van der Waals surface area (Å²) >= 11 is 0. The number of allylic oxidation sites excluding steroid dienone is 1. The van der Waals surface area contributed by atoms with E-state index in [0.717, 1.165) is 0 Å². The van der Waals surface area contributed by atoms with Crippen LogP contribution in [0.2, 0.25) is 0 Å². The molecular formula is C32H46O6. The van der Waals surface area contributed by atoms with Gasteiger partial charge in [0.15, 0.2) is 28.8 Å². The van der Waals surface area contributed by atoms with Gasteiger partial charge in [-0.15, -0.1) is 0 Å². The van der Waals surface area contributed by atoms with Gasteiger partial charge < -0.3 is 23.7 Å². The van der Waals surface area contributed by atoms with Gasteiger partial charge in [0.25, 0.3) is 0 Å². The Labute approximate surface area is 229 Å². The summed E-state index contributed by atoms with van der Waals surface area (Å²) in [5.41, 5.74) is 1.15. The van der Waals surface area contributed by atoms with Crippen molar-refractivity contribution in [3.05, 3.63) is 47.5 Å². The van der Waals surface area contributed by atoms with E-state index in [1.54, 1.807) is 19.3 Å². The lowest BCUT2D eigenvalue weighted by Crippen LogP contribution is -2.11. The zero-order valence-corrected chi connectivity index (χ0v) is 24.6. The Balaban J connectivity index is 2.47. The molecular weight excluding hydrogens is 480 g/mol. The van der Waals surface area contributed by atoms with Gasteiger partial charge in [-0.2, -0.15) is 0 Å². The van der Waals surface area contributed by atoms with Crippen LogP contribution in [0, 0.1) is 23.7 Å². The lowest BCUT2D eigenvalue weighted by Gasteiger charge is -2.18. The standard InChI is InChI=1S/C32H46O6/c1-21(2)17-35-26-15-25(31(30(16-26)34-9)37-19-23(5)6)13-14-28(33)27-11-10-12-29(36-18-22(3)4)32(27)38-20-24(7)8/h10-16,21-24H,17-20H2,1-9H3. The van der Waals surface area contributed by atoms with E-state index in [-0.39, 0.29) is 5.78 Å². The highest BCUT2D eigenvalue weighted by Gasteiger charge is 2.18. The maximum atomic E-state index is 13.5. The van der Waals surface area contributed by atoms with Gasteiger partial charge in [0.1, 0.15) is 5.75 Å². The van der Waals surface area contributed by atoms with E-state index in [0.29, 0.717) is 90.0 Å². The van der Waals surface area contributed by atoms with Gasteiger partial charge >= 0.3 is 0 Å². The molecule has 210 valence electrons. The molecule has 0 fully saturated rings. The minimum Gasteiger partial charge on any atom is -0.493 e. The molecule has 0 spiro atoms. The Morgan fingerprint density at radius 3 is 1.84 bits per heavy atom. The molecule has 0 aliphatic carbocycles. The monoisotopic (exact) mass is 526 g/mol. The van der Waals surface area contributed by atoms with Crippen LogP contribution < -0.4 is 23.7 Å². The number of ether oxygens (including phenoxy) is 5. The topological polar surface area (TPSA) is 63.2 Å². The Morgan fingerprint density at radius 2 is 1.26 bits per heavy atom. The predicted octanol–water partition coefficient (Wildman–Crippen LogP) is 7.73. The average Bonchev–Trinajstić information content (AvgIpc) is 2.86. The molecule has 0 aliphatic heterocycles. The summed E-state index contributed by atoms with van der Waals surface area (Å²) in [6.45, 7) is 18.7. The highest BCUT2D eigenvalue weighted by molar-refractivity contribution is 6.09. The second-order valence-corrected chi connectivity index (χ2v) is 11.2. The normalized spacial score (nSPS) is 11.6. The third-order valence-electron chi connectivity index (χ3n) is 5.21. The van der Waals surface area contributed by atoms with Crippen molar-refractivity contribution in [1.82, 2.24) is 0 Å². The van der Waals surface area contributed by atoms with Gasteiger partial charge in [-0.1, -0.05) is 61.5 Å². The fourth-order valence-electron chi connectivity index (χ4n) is 3.36. The van der Waals surface area contributed by atoms with Crippen LogP contribution in [0.1, 0.15) is 71.3 Å². The second kappa shape index (κ2) is 15.3. The number of rotatable bonds is 16. The molecule has 0 unspecified atom stereocenters. The van der Waals surface area contributed by atoms with Crippen molar-refractivity contribution in [2.24, 2.45) is 23.7 Å². The van der Waals surface area contributed by atoms with Gasteiger partial charge in [0, 0.05) is 11.6 Å². The quantitative estimate of drug-likeness (QED) is 0.165. The molecule has 0 radical (unpaired) electrons. The molecule has 0 saturated carbocycles. The molecule has 0 bridgehead atoms. The van der Waals surface area contributed by atoms with Crippen LogP contribution in [0.5, 0.6) is 28.7 Å². The van der Waals surface area contributed by atoms with E-state index in [9.17, 15) is 4.79 Å². The Bertz CT molecular complexity index is 1050. The number of hydrogen-bond acceptors (Lipinski definition) is 6. The molecule has 0 heterocycles. The molecule has 38 heavy (non-hydrogen) atoms. The van der Waals surface area contributed by atoms with Crippen molar-refractivity contribution < 1.29 is 28.5 Å². The maximum Gasteiger partial charge on any atom is 0.189 e. The first kappa shape index (κ1) is 31.1. The summed E-state index contributed by atoms with van der Waals surface area (Å²) in [5, 5.41) is 0. The first-order chi connectivity index (χ1) is 18.0. The molecule has 0 atom stereocenters. The Hall–Kier alpha value is -3.15. The van der Waals surface area contributed by atoms with Crippen LogP contribution in [-0.4, -0.2) is 39.3 Å². The van der Waals surface area contributed by atoms with E-state index in [1.807, 2.05) is 24.3 Å². The number of carbonyl (C=O) groups excluding carboxylic acids is 1. The zero-order chi connectivity index (χ0) is 28.2. The molecule has 0 saturated heterocycles. The molecule has 2 aromatic carbocycles. The second-order valence-electron chi connectivity index (χ2n) is 11.2. The number of ketones is 1. The lowest BCUT2D eigenvalue weighted by atomic mass is 10.1. The van der Waals surface area contributed by atoms with Crippen LogP contribution >= 0.6 is 0 Å². The largest absolute Gasteiger partial charge is 0.493 e. The molecule has 0 amide bonds. The summed E-state index contributed by atoms with van der Waals surface area (Å²) in [6, 6.07) is 9.13. The van der Waals surface area contributed by atoms with Crippen molar-refractivity contribution >= 4 is 11.9 Å². The molecule has 0 N–H and O–H groups in total. The van der Waals surface area contributed by atoms with Crippen LogP contribution in [0.25, 0.3) is 6.08 Å². The predicted molar refractivity (Wildman–Crippen MR) is 154 cm³/mol. The van der Waals surface area contributed by atoms with Crippen LogP contribution in [-0.2, 0) is 0 Å². The third kappa shape index (κ3) is 9.96. The van der Waals surface area contributed by atoms with Crippen molar-refractivity contribution in [3.63, 3.8) is 0 Å². The van der Waals surface area contributed by atoms with Crippen molar-refractivity contribution in [3.8, 4) is 28.7 Å². The molecule has 0 aromatic heterocycles. The van der Waals surface area contributed by atoms with Gasteiger partial charge in [0.05, 0.1) is 39.1 Å². The average molecular weight is 527 g/mol. The summed E-state index contributed by atoms with van der Waals surface area (Å²) in [7, 11) is 1.60. The smallest absolute Gasteiger partial charge is 0.189 e. The number of hydrogen-bond donors (Lipinski definition) is 0. The van der Waals surface area contributed by atoms with Crippen molar-refractivity contribution in [1.29, 1.82) is 0 Å². The van der Waals surface area contributed by atoms with Gasteiger partial charge in [0.2, 0.25) is 0 Å². The first-order valence-corrected chi connectivity index (χ1v) is 13.6. The SMILES string of the molecule is COc1cc(OCC(C)C)cc(C=CC(=O)c2cccc(OCC(C)C)c2OCC(C)C)c1OCC(C)C. The molecule has 6 nitrogen and oxygen atoms in total. The molecule has 0 aliphatic rings. The van der Waals surface area contributed by atoms with E-state index in [4.69, 9.17) is 23.7 Å². The maximum absolute atomic E-state index is 13.5. The summed E-state index contributed by atoms with van der Waals surface area (Å²) < 4.78 is 29.8. The minimum atomic E-state index is -0.193. The number of para-hydroxylation sites is 1. The van der Waals surface area contributed by atoms with E-state index >= 15 is 0 Å². The van der Waals surface area contributed by atoms with Crippen LogP contribution in [0.15, 0.2) is 36.4 Å². The Morgan fingerprint density at radius 1 is 0.711 bits per heavy atom. The first-order valence-electron chi connectivity index (χ1n) is 13.6. The highest BCUT2D eigenvalue weighted by Crippen LogP contribution is 2.38. The number of methoxy groups -OCH3 is 1. The molecule has 6 heteroatoms.